The third-order valence-electron chi connectivity index (χ3n) is 2.60. The first kappa shape index (κ1) is 14.2. The van der Waals surface area contributed by atoms with Crippen LogP contribution in [-0.2, 0) is 14.3 Å². The minimum Gasteiger partial charge on any atom is -0.351 e. The van der Waals surface area contributed by atoms with Crippen LogP contribution in [0, 0.1) is 5.92 Å². The van der Waals surface area contributed by atoms with Crippen molar-refractivity contribution in [2.45, 2.75) is 32.6 Å². The summed E-state index contributed by atoms with van der Waals surface area (Å²) < 4.78 is 10.7. The predicted octanol–water partition coefficient (Wildman–Crippen LogP) is 0.405. The summed E-state index contributed by atoms with van der Waals surface area (Å²) in [6.07, 6.45) is 4.04. The van der Waals surface area contributed by atoms with Gasteiger partial charge in [-0.2, -0.15) is 0 Å². The molecule has 0 radical (unpaired) electrons. The number of carbonyl (C=O) groups excluding carboxylic acids is 1. The predicted molar refractivity (Wildman–Crippen MR) is 65.3 cm³/mol. The topological polar surface area (TPSA) is 73.6 Å². The molecule has 0 aromatic carbocycles. The Morgan fingerprint density at radius 3 is 2.53 bits per heavy atom. The molecule has 98 valence electrons. The van der Waals surface area contributed by atoms with Crippen LogP contribution in [0.2, 0.25) is 0 Å². The van der Waals surface area contributed by atoms with Crippen LogP contribution >= 0.6 is 0 Å². The molecule has 17 heavy (non-hydrogen) atoms. The highest BCUT2D eigenvalue weighted by Gasteiger charge is 2.23. The Morgan fingerprint density at radius 2 is 2.06 bits per heavy atom. The number of rotatable bonds is 7. The number of ether oxygens (including phenoxy) is 2. The maximum Gasteiger partial charge on any atom is 0.227 e. The average Bonchev–Trinajstić information content (AvgIpc) is 2.73. The van der Waals surface area contributed by atoms with Crippen LogP contribution in [0.3, 0.4) is 0 Å². The summed E-state index contributed by atoms with van der Waals surface area (Å²) in [5.41, 5.74) is 5.70. The van der Waals surface area contributed by atoms with Crippen LogP contribution in [0.15, 0.2) is 12.2 Å². The van der Waals surface area contributed by atoms with E-state index >= 15 is 0 Å². The lowest BCUT2D eigenvalue weighted by Crippen LogP contribution is -2.38. The molecule has 0 aliphatic heterocycles. The Hall–Kier alpha value is -0.910. The summed E-state index contributed by atoms with van der Waals surface area (Å²) in [7, 11) is 0. The molecule has 1 amide bonds. The molecular weight excluding hydrogens is 220 g/mol. The molecule has 3 N–H and O–H groups in total. The molecule has 0 saturated carbocycles. The molecule has 1 aliphatic rings. The zero-order valence-electron chi connectivity index (χ0n) is 10.5. The van der Waals surface area contributed by atoms with Gasteiger partial charge in [0.2, 0.25) is 5.91 Å². The summed E-state index contributed by atoms with van der Waals surface area (Å²) >= 11 is 0. The third-order valence-corrected chi connectivity index (χ3v) is 2.60. The minimum atomic E-state index is -0.368. The van der Waals surface area contributed by atoms with Gasteiger partial charge in [0.15, 0.2) is 6.29 Å². The van der Waals surface area contributed by atoms with Crippen molar-refractivity contribution in [2.24, 2.45) is 11.7 Å². The fourth-order valence-corrected chi connectivity index (χ4v) is 1.77. The number of amides is 1. The van der Waals surface area contributed by atoms with Crippen molar-refractivity contribution >= 4 is 5.91 Å². The molecule has 2 unspecified atom stereocenters. The lowest BCUT2D eigenvalue weighted by Gasteiger charge is -2.18. The van der Waals surface area contributed by atoms with E-state index in [-0.39, 0.29) is 24.2 Å². The molecule has 0 saturated heterocycles. The smallest absolute Gasteiger partial charge is 0.227 e. The Balaban J connectivity index is 2.28. The van der Waals surface area contributed by atoms with Crippen LogP contribution in [0.5, 0.6) is 0 Å². The van der Waals surface area contributed by atoms with E-state index in [4.69, 9.17) is 15.2 Å². The molecule has 0 aromatic heterocycles. The van der Waals surface area contributed by atoms with Crippen LogP contribution in [0.1, 0.15) is 20.3 Å². The second kappa shape index (κ2) is 7.42. The van der Waals surface area contributed by atoms with E-state index < -0.39 is 0 Å². The Labute approximate surface area is 102 Å². The summed E-state index contributed by atoms with van der Waals surface area (Å²) in [6.45, 7) is 5.29. The third kappa shape index (κ3) is 4.85. The molecule has 0 aromatic rings. The Kier molecular flexibility index (Phi) is 6.18. The van der Waals surface area contributed by atoms with Crippen LogP contribution < -0.4 is 11.1 Å². The van der Waals surface area contributed by atoms with E-state index in [9.17, 15) is 4.79 Å². The van der Waals surface area contributed by atoms with Crippen molar-refractivity contribution in [3.63, 3.8) is 0 Å². The van der Waals surface area contributed by atoms with Crippen molar-refractivity contribution in [2.75, 3.05) is 19.8 Å². The van der Waals surface area contributed by atoms with Gasteiger partial charge in [-0.15, -0.1) is 0 Å². The van der Waals surface area contributed by atoms with Gasteiger partial charge in [-0.1, -0.05) is 12.2 Å². The van der Waals surface area contributed by atoms with Gasteiger partial charge in [-0.05, 0) is 20.3 Å². The minimum absolute atomic E-state index is 0.000306. The highest BCUT2D eigenvalue weighted by Crippen LogP contribution is 2.16. The lowest BCUT2D eigenvalue weighted by atomic mass is 10.1. The number of hydrogen-bond acceptors (Lipinski definition) is 4. The van der Waals surface area contributed by atoms with Gasteiger partial charge >= 0.3 is 0 Å². The average molecular weight is 242 g/mol. The standard InChI is InChI=1S/C12H22N2O3/c1-3-16-11(17-4-2)8-14-12(15)9-5-6-10(13)7-9/h5-6,9-11H,3-4,7-8,13H2,1-2H3,(H,14,15). The van der Waals surface area contributed by atoms with E-state index in [0.717, 1.165) is 0 Å². The second-order valence-electron chi connectivity index (χ2n) is 3.98. The monoisotopic (exact) mass is 242 g/mol. The Morgan fingerprint density at radius 1 is 1.41 bits per heavy atom. The van der Waals surface area contributed by atoms with Crippen molar-refractivity contribution in [1.82, 2.24) is 5.32 Å². The fraction of sp³-hybridized carbons (Fsp3) is 0.750. The van der Waals surface area contributed by atoms with Gasteiger partial charge in [0.1, 0.15) is 0 Å². The second-order valence-corrected chi connectivity index (χ2v) is 3.98. The molecule has 0 heterocycles. The maximum absolute atomic E-state index is 11.8. The Bertz CT molecular complexity index is 262. The van der Waals surface area contributed by atoms with Crippen molar-refractivity contribution in [3.8, 4) is 0 Å². The molecule has 5 heteroatoms. The molecule has 2 atom stereocenters. The zero-order valence-corrected chi connectivity index (χ0v) is 10.5. The molecule has 5 nitrogen and oxygen atoms in total. The highest BCUT2D eigenvalue weighted by atomic mass is 16.7. The van der Waals surface area contributed by atoms with Crippen LogP contribution in [0.4, 0.5) is 0 Å². The SMILES string of the molecule is CCOC(CNC(=O)C1C=CC(N)C1)OCC. The number of nitrogens with two attached hydrogens (primary N) is 1. The van der Waals surface area contributed by atoms with E-state index in [0.29, 0.717) is 26.2 Å². The first-order valence-electron chi connectivity index (χ1n) is 6.12. The maximum atomic E-state index is 11.8. The lowest BCUT2D eigenvalue weighted by molar-refractivity contribution is -0.141. The van der Waals surface area contributed by atoms with Gasteiger partial charge in [0.05, 0.1) is 12.5 Å². The van der Waals surface area contributed by atoms with Gasteiger partial charge in [0.25, 0.3) is 0 Å². The van der Waals surface area contributed by atoms with E-state index in [1.165, 1.54) is 0 Å². The number of hydrogen-bond donors (Lipinski definition) is 2. The number of nitrogens with one attached hydrogen (secondary N) is 1. The molecule has 1 rings (SSSR count). The quantitative estimate of drug-likeness (QED) is 0.501. The normalized spacial score (nSPS) is 23.3. The number of carbonyl (C=O) groups is 1. The van der Waals surface area contributed by atoms with Gasteiger partial charge in [-0.3, -0.25) is 4.79 Å². The molecular formula is C12H22N2O3. The summed E-state index contributed by atoms with van der Waals surface area (Å²) in [5, 5.41) is 2.82. The van der Waals surface area contributed by atoms with E-state index in [1.54, 1.807) is 0 Å². The largest absolute Gasteiger partial charge is 0.351 e. The summed E-state index contributed by atoms with van der Waals surface area (Å²) in [5.74, 6) is -0.132. The summed E-state index contributed by atoms with van der Waals surface area (Å²) in [6, 6.07) is 0.000306. The van der Waals surface area contributed by atoms with Gasteiger partial charge in [0, 0.05) is 19.3 Å². The van der Waals surface area contributed by atoms with Crippen LogP contribution in [0.25, 0.3) is 0 Å². The van der Waals surface area contributed by atoms with Crippen LogP contribution in [-0.4, -0.2) is 38.0 Å². The van der Waals surface area contributed by atoms with Gasteiger partial charge in [-0.25, -0.2) is 0 Å². The first-order chi connectivity index (χ1) is 8.17. The highest BCUT2D eigenvalue weighted by molar-refractivity contribution is 5.81. The fourth-order valence-electron chi connectivity index (χ4n) is 1.77. The van der Waals surface area contributed by atoms with Crippen molar-refractivity contribution < 1.29 is 14.3 Å². The zero-order chi connectivity index (χ0) is 12.7. The molecule has 0 bridgehead atoms. The molecule has 0 fully saturated rings. The van der Waals surface area contributed by atoms with Crippen molar-refractivity contribution in [1.29, 1.82) is 0 Å². The van der Waals surface area contributed by atoms with E-state index in [2.05, 4.69) is 5.32 Å². The van der Waals surface area contributed by atoms with Crippen molar-refractivity contribution in [3.05, 3.63) is 12.2 Å². The van der Waals surface area contributed by atoms with Gasteiger partial charge < -0.3 is 20.5 Å². The van der Waals surface area contributed by atoms with E-state index in [1.807, 2.05) is 26.0 Å². The molecule has 0 spiro atoms. The molecule has 1 aliphatic carbocycles. The first-order valence-corrected chi connectivity index (χ1v) is 6.12. The summed E-state index contributed by atoms with van der Waals surface area (Å²) in [4.78, 5) is 11.8.